The van der Waals surface area contributed by atoms with E-state index in [-0.39, 0.29) is 0 Å². The first kappa shape index (κ1) is 15.8. The molecule has 0 saturated carbocycles. The van der Waals surface area contributed by atoms with Crippen molar-refractivity contribution in [2.45, 2.75) is 6.92 Å². The van der Waals surface area contributed by atoms with Crippen molar-refractivity contribution < 1.29 is 0 Å². The second-order valence-corrected chi connectivity index (χ2v) is 6.90. The molecule has 0 fully saturated rings. The van der Waals surface area contributed by atoms with Crippen LogP contribution in [0.25, 0.3) is 50.1 Å². The average molecular weight is 381 g/mol. The number of nitrogens with zero attached hydrogens (tertiary/aromatic N) is 6. The second-order valence-electron chi connectivity index (χ2n) is 6.90. The van der Waals surface area contributed by atoms with E-state index in [2.05, 4.69) is 46.4 Å². The van der Waals surface area contributed by atoms with Crippen LogP contribution in [0.15, 0.2) is 55.6 Å². The molecular formula is C20H15N9. The van der Waals surface area contributed by atoms with Crippen molar-refractivity contribution in [3.63, 3.8) is 0 Å². The predicted molar refractivity (Wildman–Crippen MR) is 108 cm³/mol. The fourth-order valence-corrected chi connectivity index (χ4v) is 3.59. The fraction of sp³-hybridized carbons (Fsp3) is 0.0500. The molecule has 6 aromatic rings. The largest absolute Gasteiger partial charge is 0.352 e. The first-order valence-corrected chi connectivity index (χ1v) is 9.07. The molecule has 6 rings (SSSR count). The van der Waals surface area contributed by atoms with Gasteiger partial charge in [0.2, 0.25) is 0 Å². The molecule has 140 valence electrons. The lowest BCUT2D eigenvalue weighted by molar-refractivity contribution is 1.05. The maximum absolute atomic E-state index is 4.53. The Bertz CT molecular complexity index is 1470. The highest BCUT2D eigenvalue weighted by molar-refractivity contribution is 5.98. The summed E-state index contributed by atoms with van der Waals surface area (Å²) in [7, 11) is 0. The van der Waals surface area contributed by atoms with E-state index in [1.807, 2.05) is 42.3 Å². The highest BCUT2D eigenvalue weighted by Gasteiger charge is 2.15. The molecule has 0 radical (unpaired) electrons. The molecule has 0 bridgehead atoms. The first-order chi connectivity index (χ1) is 14.3. The Morgan fingerprint density at radius 2 is 1.93 bits per heavy atom. The van der Waals surface area contributed by atoms with Crippen LogP contribution in [0.2, 0.25) is 0 Å². The van der Waals surface area contributed by atoms with Crippen LogP contribution >= 0.6 is 0 Å². The molecule has 9 heteroatoms. The quantitative estimate of drug-likeness (QED) is 0.434. The Morgan fingerprint density at radius 1 is 0.966 bits per heavy atom. The van der Waals surface area contributed by atoms with Crippen molar-refractivity contribution in [2.24, 2.45) is 0 Å². The van der Waals surface area contributed by atoms with Gasteiger partial charge in [-0.3, -0.25) is 20.2 Å². The predicted octanol–water partition coefficient (Wildman–Crippen LogP) is 3.39. The van der Waals surface area contributed by atoms with Crippen LogP contribution in [-0.2, 0) is 0 Å². The lowest BCUT2D eigenvalue weighted by atomic mass is 10.1. The molecule has 3 N–H and O–H groups in total. The standard InChI is InChI=1S/C20H15N9/c1-11-9-29(10-23-11)19-8-21-6-17-13(19)2-16(26-17)20-14-3-15(12-4-24-25-5-12)22-7-18(14)27-28-20/h2-10,26H,1H3,(H,24,25)(H,27,28). The van der Waals surface area contributed by atoms with Gasteiger partial charge in [0, 0.05) is 28.7 Å². The molecule has 6 aromatic heterocycles. The van der Waals surface area contributed by atoms with Crippen LogP contribution in [0.4, 0.5) is 0 Å². The van der Waals surface area contributed by atoms with Crippen LogP contribution in [0.3, 0.4) is 0 Å². The van der Waals surface area contributed by atoms with Crippen molar-refractivity contribution in [1.29, 1.82) is 0 Å². The fourth-order valence-electron chi connectivity index (χ4n) is 3.59. The molecule has 0 unspecified atom stereocenters. The number of fused-ring (bicyclic) bond motifs is 2. The number of hydrogen-bond acceptors (Lipinski definition) is 5. The zero-order chi connectivity index (χ0) is 19.4. The van der Waals surface area contributed by atoms with Crippen LogP contribution < -0.4 is 0 Å². The van der Waals surface area contributed by atoms with E-state index >= 15 is 0 Å². The van der Waals surface area contributed by atoms with E-state index in [1.54, 1.807) is 18.7 Å². The lowest BCUT2D eigenvalue weighted by Crippen LogP contribution is -1.91. The molecule has 6 heterocycles. The summed E-state index contributed by atoms with van der Waals surface area (Å²) in [6.07, 6.45) is 12.8. The average Bonchev–Trinajstić information content (AvgIpc) is 3.51. The highest BCUT2D eigenvalue weighted by atomic mass is 15.1. The smallest absolute Gasteiger partial charge is 0.116 e. The maximum Gasteiger partial charge on any atom is 0.116 e. The number of imidazole rings is 1. The molecule has 0 amide bonds. The third-order valence-corrected chi connectivity index (χ3v) is 5.01. The number of aryl methyl sites for hydroxylation is 1. The van der Waals surface area contributed by atoms with Gasteiger partial charge in [0.1, 0.15) is 5.69 Å². The van der Waals surface area contributed by atoms with Gasteiger partial charge in [0.25, 0.3) is 0 Å². The molecule has 0 atom stereocenters. The number of nitrogens with one attached hydrogen (secondary N) is 3. The SMILES string of the molecule is Cc1cn(-c2cncc3[nH]c(-c4n[nH]c5cnc(-c6cn[nH]c6)cc45)cc23)cn1. The van der Waals surface area contributed by atoms with Gasteiger partial charge in [0.05, 0.1) is 64.9 Å². The normalized spacial score (nSPS) is 11.6. The molecule has 0 aliphatic heterocycles. The van der Waals surface area contributed by atoms with E-state index in [9.17, 15) is 0 Å². The number of rotatable bonds is 3. The van der Waals surface area contributed by atoms with Gasteiger partial charge in [0.15, 0.2) is 0 Å². The molecule has 0 spiro atoms. The molecular weight excluding hydrogens is 366 g/mol. The van der Waals surface area contributed by atoms with Gasteiger partial charge in [-0.15, -0.1) is 0 Å². The van der Waals surface area contributed by atoms with Crippen LogP contribution in [0.5, 0.6) is 0 Å². The summed E-state index contributed by atoms with van der Waals surface area (Å²) >= 11 is 0. The van der Waals surface area contributed by atoms with Crippen molar-refractivity contribution in [2.75, 3.05) is 0 Å². The topological polar surface area (TPSA) is 117 Å². The first-order valence-electron chi connectivity index (χ1n) is 9.07. The summed E-state index contributed by atoms with van der Waals surface area (Å²) in [6, 6.07) is 4.11. The summed E-state index contributed by atoms with van der Waals surface area (Å²) in [5.41, 5.74) is 7.22. The van der Waals surface area contributed by atoms with Gasteiger partial charge in [-0.05, 0) is 19.1 Å². The highest BCUT2D eigenvalue weighted by Crippen LogP contribution is 2.32. The summed E-state index contributed by atoms with van der Waals surface area (Å²) < 4.78 is 1.98. The number of aromatic amines is 3. The van der Waals surface area contributed by atoms with Crippen molar-refractivity contribution >= 4 is 21.8 Å². The van der Waals surface area contributed by atoms with E-state index in [0.717, 1.165) is 55.8 Å². The van der Waals surface area contributed by atoms with E-state index in [1.165, 1.54) is 0 Å². The van der Waals surface area contributed by atoms with Crippen LogP contribution in [0, 0.1) is 6.92 Å². The van der Waals surface area contributed by atoms with Gasteiger partial charge in [-0.1, -0.05) is 0 Å². The third-order valence-electron chi connectivity index (χ3n) is 5.01. The zero-order valence-corrected chi connectivity index (χ0v) is 15.4. The van der Waals surface area contributed by atoms with Gasteiger partial charge >= 0.3 is 0 Å². The number of H-pyrrole nitrogens is 3. The summed E-state index contributed by atoms with van der Waals surface area (Å²) in [5, 5.41) is 16.5. The van der Waals surface area contributed by atoms with Gasteiger partial charge in [-0.2, -0.15) is 10.2 Å². The minimum Gasteiger partial charge on any atom is -0.352 e. The van der Waals surface area contributed by atoms with Crippen molar-refractivity contribution in [3.05, 3.63) is 61.3 Å². The van der Waals surface area contributed by atoms with E-state index in [0.29, 0.717) is 0 Å². The molecule has 0 aliphatic carbocycles. The molecule has 0 aliphatic rings. The Labute approximate surface area is 163 Å². The molecule has 29 heavy (non-hydrogen) atoms. The second kappa shape index (κ2) is 5.86. The number of pyridine rings is 2. The Hall–Kier alpha value is -4.27. The Kier molecular flexibility index (Phi) is 3.19. The van der Waals surface area contributed by atoms with E-state index < -0.39 is 0 Å². The lowest BCUT2D eigenvalue weighted by Gasteiger charge is -2.02. The number of hydrogen-bond donors (Lipinski definition) is 3. The zero-order valence-electron chi connectivity index (χ0n) is 15.4. The Balaban J connectivity index is 1.53. The third kappa shape index (κ3) is 2.44. The molecule has 0 saturated heterocycles. The number of aromatic nitrogens is 9. The van der Waals surface area contributed by atoms with E-state index in [4.69, 9.17) is 0 Å². The minimum absolute atomic E-state index is 0.830. The van der Waals surface area contributed by atoms with Gasteiger partial charge < -0.3 is 9.55 Å². The monoisotopic (exact) mass is 381 g/mol. The Morgan fingerprint density at radius 3 is 2.76 bits per heavy atom. The summed E-state index contributed by atoms with van der Waals surface area (Å²) in [4.78, 5) is 16.6. The molecule has 9 nitrogen and oxygen atoms in total. The minimum atomic E-state index is 0.830. The molecule has 0 aromatic carbocycles. The van der Waals surface area contributed by atoms with Gasteiger partial charge in [-0.25, -0.2) is 4.98 Å². The maximum atomic E-state index is 4.53. The van der Waals surface area contributed by atoms with Crippen molar-refractivity contribution in [1.82, 2.24) is 44.9 Å². The van der Waals surface area contributed by atoms with Crippen LogP contribution in [0.1, 0.15) is 5.69 Å². The van der Waals surface area contributed by atoms with Crippen molar-refractivity contribution in [3.8, 4) is 28.3 Å². The van der Waals surface area contributed by atoms with Crippen LogP contribution in [-0.4, -0.2) is 44.9 Å². The summed E-state index contributed by atoms with van der Waals surface area (Å²) in [5.74, 6) is 0. The summed E-state index contributed by atoms with van der Waals surface area (Å²) in [6.45, 7) is 1.97.